The first kappa shape index (κ1) is 15.1. The maximum atomic E-state index is 11.7. The first-order valence-corrected chi connectivity index (χ1v) is 7.09. The normalized spacial score (nSPS) is 24.8. The van der Waals surface area contributed by atoms with Gasteiger partial charge in [-0.1, -0.05) is 11.6 Å². The Morgan fingerprint density at radius 2 is 2.30 bits per heavy atom. The average molecular weight is 299 g/mol. The summed E-state index contributed by atoms with van der Waals surface area (Å²) in [6.07, 6.45) is 0.0570. The molecule has 0 aromatic heterocycles. The Hall–Kier alpha value is -1.26. The predicted molar refractivity (Wildman–Crippen MR) is 76.0 cm³/mol. The highest BCUT2D eigenvalue weighted by Gasteiger charge is 2.41. The average Bonchev–Trinajstić information content (AvgIpc) is 2.31. The standard InChI is InChI=1S/C15H19ClO4/c1-4-19-14(17)8-15(18)7-10(3)20-13-5-9(2)12(16)6-11(13)15/h5-6,10,18H,4,7-8H2,1-3H3/t10-,15-/m1/s1. The maximum Gasteiger partial charge on any atom is 0.309 e. The molecule has 0 saturated carbocycles. The zero-order valence-corrected chi connectivity index (χ0v) is 12.7. The molecule has 1 N–H and O–H groups in total. The lowest BCUT2D eigenvalue weighted by atomic mass is 9.82. The molecule has 4 nitrogen and oxygen atoms in total. The minimum atomic E-state index is -1.30. The van der Waals surface area contributed by atoms with Crippen LogP contribution in [0.3, 0.4) is 0 Å². The second-order valence-corrected chi connectivity index (χ2v) is 5.65. The fourth-order valence-corrected chi connectivity index (χ4v) is 2.74. The monoisotopic (exact) mass is 298 g/mol. The lowest BCUT2D eigenvalue weighted by Crippen LogP contribution is -2.39. The number of benzene rings is 1. The van der Waals surface area contributed by atoms with Gasteiger partial charge in [0.2, 0.25) is 0 Å². The summed E-state index contributed by atoms with van der Waals surface area (Å²) < 4.78 is 10.7. The summed E-state index contributed by atoms with van der Waals surface area (Å²) in [6, 6.07) is 3.47. The molecular formula is C15H19ClO4. The molecule has 0 unspecified atom stereocenters. The van der Waals surface area contributed by atoms with Crippen LogP contribution in [0.15, 0.2) is 12.1 Å². The van der Waals surface area contributed by atoms with Crippen LogP contribution in [0.1, 0.15) is 37.8 Å². The van der Waals surface area contributed by atoms with Gasteiger partial charge in [0.05, 0.1) is 19.1 Å². The van der Waals surface area contributed by atoms with E-state index in [2.05, 4.69) is 0 Å². The van der Waals surface area contributed by atoms with E-state index in [-0.39, 0.29) is 12.5 Å². The summed E-state index contributed by atoms with van der Waals surface area (Å²) in [5.41, 5.74) is 0.133. The lowest BCUT2D eigenvalue weighted by Gasteiger charge is -2.37. The van der Waals surface area contributed by atoms with Crippen LogP contribution < -0.4 is 4.74 Å². The zero-order chi connectivity index (χ0) is 14.9. The van der Waals surface area contributed by atoms with Crippen molar-refractivity contribution in [1.82, 2.24) is 0 Å². The molecule has 2 rings (SSSR count). The van der Waals surface area contributed by atoms with Gasteiger partial charge in [0.1, 0.15) is 11.4 Å². The number of hydrogen-bond donors (Lipinski definition) is 1. The SMILES string of the molecule is CCOC(=O)C[C@]1(O)C[C@@H](C)Oc2cc(C)c(Cl)cc21. The van der Waals surface area contributed by atoms with Crippen molar-refractivity contribution in [2.75, 3.05) is 6.61 Å². The smallest absolute Gasteiger partial charge is 0.309 e. The highest BCUT2D eigenvalue weighted by Crippen LogP contribution is 2.43. The Morgan fingerprint density at radius 3 is 2.95 bits per heavy atom. The summed E-state index contributed by atoms with van der Waals surface area (Å²) in [4.78, 5) is 11.7. The summed E-state index contributed by atoms with van der Waals surface area (Å²) in [7, 11) is 0. The van der Waals surface area contributed by atoms with Crippen LogP contribution in [-0.2, 0) is 15.1 Å². The Bertz CT molecular complexity index is 529. The zero-order valence-electron chi connectivity index (χ0n) is 11.9. The fraction of sp³-hybridized carbons (Fsp3) is 0.533. The van der Waals surface area contributed by atoms with Crippen LogP contribution >= 0.6 is 11.6 Å². The number of fused-ring (bicyclic) bond motifs is 1. The van der Waals surface area contributed by atoms with Gasteiger partial charge in [0, 0.05) is 17.0 Å². The molecule has 0 radical (unpaired) electrons. The van der Waals surface area contributed by atoms with E-state index in [1.807, 2.05) is 13.8 Å². The van der Waals surface area contributed by atoms with E-state index in [9.17, 15) is 9.90 Å². The van der Waals surface area contributed by atoms with Crippen LogP contribution in [0.5, 0.6) is 5.75 Å². The van der Waals surface area contributed by atoms with Gasteiger partial charge < -0.3 is 14.6 Å². The Kier molecular flexibility index (Phi) is 4.25. The van der Waals surface area contributed by atoms with Gasteiger partial charge in [-0.25, -0.2) is 0 Å². The Morgan fingerprint density at radius 1 is 1.60 bits per heavy atom. The van der Waals surface area contributed by atoms with Crippen molar-refractivity contribution in [3.05, 3.63) is 28.3 Å². The molecule has 1 aromatic carbocycles. The van der Waals surface area contributed by atoms with Gasteiger partial charge >= 0.3 is 5.97 Å². The first-order valence-electron chi connectivity index (χ1n) is 6.71. The Labute approximate surface area is 123 Å². The molecule has 0 saturated heterocycles. The number of esters is 1. The van der Waals surface area contributed by atoms with Gasteiger partial charge in [-0.2, -0.15) is 0 Å². The highest BCUT2D eigenvalue weighted by molar-refractivity contribution is 6.31. The molecule has 1 heterocycles. The van der Waals surface area contributed by atoms with E-state index in [4.69, 9.17) is 21.1 Å². The number of aryl methyl sites for hydroxylation is 1. The highest BCUT2D eigenvalue weighted by atomic mass is 35.5. The Balaban J connectivity index is 2.40. The van der Waals surface area contributed by atoms with Gasteiger partial charge in [-0.3, -0.25) is 4.79 Å². The molecule has 20 heavy (non-hydrogen) atoms. The van der Waals surface area contributed by atoms with Gasteiger partial charge in [0.25, 0.3) is 0 Å². The number of ether oxygens (including phenoxy) is 2. The lowest BCUT2D eigenvalue weighted by molar-refractivity contribution is -0.151. The maximum absolute atomic E-state index is 11.7. The topological polar surface area (TPSA) is 55.8 Å². The molecule has 0 spiro atoms. The number of hydrogen-bond acceptors (Lipinski definition) is 4. The summed E-state index contributed by atoms with van der Waals surface area (Å²) in [6.45, 7) is 5.77. The molecule has 110 valence electrons. The van der Waals surface area contributed by atoms with E-state index in [1.54, 1.807) is 19.1 Å². The largest absolute Gasteiger partial charge is 0.490 e. The molecule has 2 atom stereocenters. The third-order valence-electron chi connectivity index (χ3n) is 3.46. The van der Waals surface area contributed by atoms with E-state index in [0.29, 0.717) is 29.4 Å². The van der Waals surface area contributed by atoms with Crippen LogP contribution in [0.2, 0.25) is 5.02 Å². The van der Waals surface area contributed by atoms with Crippen molar-refractivity contribution in [2.24, 2.45) is 0 Å². The van der Waals surface area contributed by atoms with Crippen LogP contribution in [0, 0.1) is 6.92 Å². The van der Waals surface area contributed by atoms with Crippen molar-refractivity contribution in [2.45, 2.75) is 45.3 Å². The molecule has 0 aliphatic carbocycles. The second kappa shape index (κ2) is 5.62. The molecule has 1 aliphatic rings. The van der Waals surface area contributed by atoms with Crippen molar-refractivity contribution >= 4 is 17.6 Å². The minimum absolute atomic E-state index is 0.0963. The number of halogens is 1. The minimum Gasteiger partial charge on any atom is -0.490 e. The number of carbonyl (C=O) groups is 1. The molecule has 5 heteroatoms. The van der Waals surface area contributed by atoms with Crippen molar-refractivity contribution in [3.63, 3.8) is 0 Å². The van der Waals surface area contributed by atoms with E-state index in [0.717, 1.165) is 5.56 Å². The quantitative estimate of drug-likeness (QED) is 0.872. The van der Waals surface area contributed by atoms with Crippen molar-refractivity contribution < 1.29 is 19.4 Å². The first-order chi connectivity index (χ1) is 9.35. The van der Waals surface area contributed by atoms with Crippen molar-refractivity contribution in [3.8, 4) is 5.75 Å². The number of carbonyl (C=O) groups excluding carboxylic acids is 1. The van der Waals surface area contributed by atoms with E-state index in [1.165, 1.54) is 0 Å². The van der Waals surface area contributed by atoms with Gasteiger partial charge in [-0.05, 0) is 38.5 Å². The summed E-state index contributed by atoms with van der Waals surface area (Å²) >= 11 is 6.12. The molecule has 1 aromatic rings. The summed E-state index contributed by atoms with van der Waals surface area (Å²) in [5.74, 6) is 0.157. The van der Waals surface area contributed by atoms with Crippen LogP contribution in [0.4, 0.5) is 0 Å². The van der Waals surface area contributed by atoms with E-state index < -0.39 is 11.6 Å². The van der Waals surface area contributed by atoms with Crippen LogP contribution in [-0.4, -0.2) is 23.8 Å². The van der Waals surface area contributed by atoms with Gasteiger partial charge in [0.15, 0.2) is 0 Å². The number of rotatable bonds is 3. The third kappa shape index (κ3) is 2.91. The number of aliphatic hydroxyl groups is 1. The molecular weight excluding hydrogens is 280 g/mol. The van der Waals surface area contributed by atoms with Crippen molar-refractivity contribution in [1.29, 1.82) is 0 Å². The molecule has 0 bridgehead atoms. The van der Waals surface area contributed by atoms with Gasteiger partial charge in [-0.15, -0.1) is 0 Å². The molecule has 1 aliphatic heterocycles. The predicted octanol–water partition coefficient (Wildman–Crippen LogP) is 2.96. The summed E-state index contributed by atoms with van der Waals surface area (Å²) in [5, 5.41) is 11.4. The molecule has 0 amide bonds. The van der Waals surface area contributed by atoms with Crippen LogP contribution in [0.25, 0.3) is 0 Å². The molecule has 0 fully saturated rings. The fourth-order valence-electron chi connectivity index (χ4n) is 2.58. The third-order valence-corrected chi connectivity index (χ3v) is 3.86. The second-order valence-electron chi connectivity index (χ2n) is 5.24. The van der Waals surface area contributed by atoms with E-state index >= 15 is 0 Å².